The van der Waals surface area contributed by atoms with Gasteiger partial charge in [-0.25, -0.2) is 0 Å². The van der Waals surface area contributed by atoms with Gasteiger partial charge in [-0.2, -0.15) is 13.2 Å². The highest BCUT2D eigenvalue weighted by atomic mass is 79.9. The van der Waals surface area contributed by atoms with Gasteiger partial charge in [0, 0.05) is 4.47 Å². The third kappa shape index (κ3) is 3.86. The maximum atomic E-state index is 12.3. The fourth-order valence-electron chi connectivity index (χ4n) is 1.55. The van der Waals surface area contributed by atoms with Crippen molar-refractivity contribution < 1.29 is 17.9 Å². The van der Waals surface area contributed by atoms with Crippen LogP contribution in [0.1, 0.15) is 0 Å². The van der Waals surface area contributed by atoms with E-state index in [0.29, 0.717) is 5.75 Å². The van der Waals surface area contributed by atoms with Crippen molar-refractivity contribution in [3.8, 4) is 5.75 Å². The quantitative estimate of drug-likeness (QED) is 0.638. The van der Waals surface area contributed by atoms with E-state index >= 15 is 0 Å². The van der Waals surface area contributed by atoms with Gasteiger partial charge in [-0.3, -0.25) is 0 Å². The summed E-state index contributed by atoms with van der Waals surface area (Å²) in [5, 5.41) is 1.91. The molecule has 2 aromatic rings. The first kappa shape index (κ1) is 14.7. The average Bonchev–Trinajstić information content (AvgIpc) is 2.34. The van der Waals surface area contributed by atoms with E-state index in [0.717, 1.165) is 15.2 Å². The van der Waals surface area contributed by atoms with E-state index in [1.807, 2.05) is 24.3 Å². The van der Waals surface area contributed by atoms with Gasteiger partial charge in [0.1, 0.15) is 17.2 Å². The Kier molecular flexibility index (Phi) is 4.40. The van der Waals surface area contributed by atoms with Crippen molar-refractivity contribution in [2.45, 2.75) is 11.0 Å². The van der Waals surface area contributed by atoms with Crippen molar-refractivity contribution in [2.75, 3.05) is 6.61 Å². The third-order valence-corrected chi connectivity index (χ3v) is 3.80. The molecule has 0 saturated carbocycles. The molecule has 1 atom stereocenters. The lowest BCUT2D eigenvalue weighted by atomic mass is 10.1. The van der Waals surface area contributed by atoms with E-state index in [4.69, 9.17) is 4.74 Å². The van der Waals surface area contributed by atoms with E-state index in [-0.39, 0.29) is 0 Å². The molecular formula is C13H9Br2F3O. The Balaban J connectivity index is 2.12. The molecule has 0 radical (unpaired) electrons. The second kappa shape index (κ2) is 5.71. The van der Waals surface area contributed by atoms with Crippen LogP contribution in [0.4, 0.5) is 13.2 Å². The molecule has 0 saturated heterocycles. The highest BCUT2D eigenvalue weighted by Crippen LogP contribution is 2.28. The Labute approximate surface area is 125 Å². The molecule has 2 aromatic carbocycles. The first-order chi connectivity index (χ1) is 8.86. The zero-order valence-corrected chi connectivity index (χ0v) is 12.7. The van der Waals surface area contributed by atoms with Gasteiger partial charge in [0.05, 0.1) is 0 Å². The second-order valence-electron chi connectivity index (χ2n) is 3.97. The van der Waals surface area contributed by atoms with Gasteiger partial charge < -0.3 is 4.74 Å². The number of fused-ring (bicyclic) bond motifs is 1. The smallest absolute Gasteiger partial charge is 0.404 e. The number of ether oxygens (including phenoxy) is 1. The number of alkyl halides is 4. The first-order valence-corrected chi connectivity index (χ1v) is 7.10. The summed E-state index contributed by atoms with van der Waals surface area (Å²) in [6.07, 6.45) is -4.30. The maximum Gasteiger partial charge on any atom is 0.404 e. The van der Waals surface area contributed by atoms with Crippen LogP contribution in [-0.4, -0.2) is 17.6 Å². The molecule has 0 N–H and O–H groups in total. The minimum absolute atomic E-state index is 0.420. The predicted molar refractivity (Wildman–Crippen MR) is 75.9 cm³/mol. The Bertz CT molecular complexity index is 584. The lowest BCUT2D eigenvalue weighted by molar-refractivity contribution is -0.132. The fourth-order valence-corrected chi connectivity index (χ4v) is 2.06. The molecule has 0 fully saturated rings. The van der Waals surface area contributed by atoms with Crippen LogP contribution in [0.15, 0.2) is 40.9 Å². The van der Waals surface area contributed by atoms with Gasteiger partial charge in [-0.15, -0.1) is 0 Å². The Hall–Kier alpha value is -0.750. The topological polar surface area (TPSA) is 9.23 Å². The maximum absolute atomic E-state index is 12.3. The van der Waals surface area contributed by atoms with Crippen LogP contribution in [0.25, 0.3) is 10.8 Å². The molecule has 0 aliphatic heterocycles. The van der Waals surface area contributed by atoms with E-state index in [2.05, 4.69) is 31.9 Å². The molecule has 1 nitrogen and oxygen atoms in total. The Morgan fingerprint density at radius 2 is 1.68 bits per heavy atom. The van der Waals surface area contributed by atoms with Crippen LogP contribution in [0.5, 0.6) is 5.75 Å². The van der Waals surface area contributed by atoms with Gasteiger partial charge in [-0.1, -0.05) is 44.0 Å². The van der Waals surface area contributed by atoms with Crippen molar-refractivity contribution in [3.05, 3.63) is 40.9 Å². The summed E-state index contributed by atoms with van der Waals surface area (Å²) in [6, 6.07) is 10.9. The van der Waals surface area contributed by atoms with Crippen LogP contribution in [0, 0.1) is 0 Å². The van der Waals surface area contributed by atoms with Crippen molar-refractivity contribution in [1.82, 2.24) is 0 Å². The van der Waals surface area contributed by atoms with Crippen LogP contribution in [-0.2, 0) is 0 Å². The fraction of sp³-hybridized carbons (Fsp3) is 0.231. The standard InChI is InChI=1S/C13H9Br2F3O/c14-10-3-1-9-6-11(4-2-8(9)5-10)19-7-12(15)13(16,17)18/h1-6,12H,7H2. The van der Waals surface area contributed by atoms with Crippen LogP contribution in [0.3, 0.4) is 0 Å². The number of hydrogen-bond acceptors (Lipinski definition) is 1. The monoisotopic (exact) mass is 396 g/mol. The molecule has 0 amide bonds. The second-order valence-corrected chi connectivity index (χ2v) is 5.99. The molecule has 0 heterocycles. The predicted octanol–water partition coefficient (Wildman–Crippen LogP) is 5.31. The molecule has 0 aliphatic carbocycles. The summed E-state index contributed by atoms with van der Waals surface area (Å²) in [4.78, 5) is -1.67. The normalized spacial score (nSPS) is 13.5. The minimum atomic E-state index is -4.30. The number of hydrogen-bond donors (Lipinski definition) is 0. The highest BCUT2D eigenvalue weighted by Gasteiger charge is 2.38. The molecule has 0 aromatic heterocycles. The molecule has 1 unspecified atom stereocenters. The SMILES string of the molecule is FC(F)(F)C(Br)COc1ccc2cc(Br)ccc2c1. The van der Waals surface area contributed by atoms with Crippen LogP contribution in [0.2, 0.25) is 0 Å². The Morgan fingerprint density at radius 3 is 2.37 bits per heavy atom. The van der Waals surface area contributed by atoms with Gasteiger partial charge in [0.15, 0.2) is 0 Å². The molecule has 6 heteroatoms. The highest BCUT2D eigenvalue weighted by molar-refractivity contribution is 9.10. The number of benzene rings is 2. The minimum Gasteiger partial charge on any atom is -0.492 e. The third-order valence-electron chi connectivity index (χ3n) is 2.53. The largest absolute Gasteiger partial charge is 0.492 e. The molecular weight excluding hydrogens is 389 g/mol. The number of rotatable bonds is 3. The average molecular weight is 398 g/mol. The molecule has 0 spiro atoms. The van der Waals surface area contributed by atoms with E-state index in [1.165, 1.54) is 0 Å². The van der Waals surface area contributed by atoms with Crippen molar-refractivity contribution >= 4 is 42.6 Å². The molecule has 19 heavy (non-hydrogen) atoms. The van der Waals surface area contributed by atoms with E-state index < -0.39 is 17.6 Å². The van der Waals surface area contributed by atoms with Gasteiger partial charge >= 0.3 is 6.18 Å². The summed E-state index contributed by atoms with van der Waals surface area (Å²) in [5.41, 5.74) is 0. The van der Waals surface area contributed by atoms with Gasteiger partial charge in [0.2, 0.25) is 0 Å². The zero-order valence-electron chi connectivity index (χ0n) is 9.55. The zero-order chi connectivity index (χ0) is 14.0. The summed E-state index contributed by atoms with van der Waals surface area (Å²) < 4.78 is 43.1. The lowest BCUT2D eigenvalue weighted by Gasteiger charge is -2.15. The van der Waals surface area contributed by atoms with E-state index in [1.54, 1.807) is 12.1 Å². The first-order valence-electron chi connectivity index (χ1n) is 5.39. The van der Waals surface area contributed by atoms with Crippen molar-refractivity contribution in [3.63, 3.8) is 0 Å². The van der Waals surface area contributed by atoms with Gasteiger partial charge in [0.25, 0.3) is 0 Å². The van der Waals surface area contributed by atoms with E-state index in [9.17, 15) is 13.2 Å². The number of halogens is 5. The van der Waals surface area contributed by atoms with Crippen molar-refractivity contribution in [2.24, 2.45) is 0 Å². The molecule has 102 valence electrons. The van der Waals surface area contributed by atoms with Crippen LogP contribution < -0.4 is 4.74 Å². The Morgan fingerprint density at radius 1 is 1.05 bits per heavy atom. The lowest BCUT2D eigenvalue weighted by Crippen LogP contribution is -2.28. The van der Waals surface area contributed by atoms with Crippen LogP contribution >= 0.6 is 31.9 Å². The summed E-state index contributed by atoms with van der Waals surface area (Å²) >= 11 is 5.92. The molecule has 0 aliphatic rings. The summed E-state index contributed by atoms with van der Waals surface area (Å²) in [7, 11) is 0. The molecule has 0 bridgehead atoms. The van der Waals surface area contributed by atoms with Crippen molar-refractivity contribution in [1.29, 1.82) is 0 Å². The van der Waals surface area contributed by atoms with Gasteiger partial charge in [-0.05, 0) is 35.0 Å². The summed E-state index contributed by atoms with van der Waals surface area (Å²) in [6.45, 7) is -0.453. The summed E-state index contributed by atoms with van der Waals surface area (Å²) in [5.74, 6) is 0.420. The molecule has 2 rings (SSSR count).